The summed E-state index contributed by atoms with van der Waals surface area (Å²) in [6.07, 6.45) is 3.37. The largest absolute Gasteiger partial charge is 0.495 e. The lowest BCUT2D eigenvalue weighted by Crippen LogP contribution is -2.40. The molecule has 4 rings (SSSR count). The zero-order valence-electron chi connectivity index (χ0n) is 17.3. The first-order valence-electron chi connectivity index (χ1n) is 9.83. The van der Waals surface area contributed by atoms with Crippen LogP contribution < -0.4 is 10.1 Å². The Labute approximate surface area is 185 Å². The Morgan fingerprint density at radius 3 is 2.78 bits per heavy atom. The molecule has 1 N–H and O–H groups in total. The minimum atomic E-state index is -3.82. The predicted octanol–water partition coefficient (Wildman–Crippen LogP) is 2.25. The van der Waals surface area contributed by atoms with Gasteiger partial charge in [0.1, 0.15) is 16.7 Å². The number of sulfonamides is 1. The lowest BCUT2D eigenvalue weighted by molar-refractivity contribution is 0.0729. The number of anilines is 1. The Balaban J connectivity index is 1.66. The van der Waals surface area contributed by atoms with E-state index in [1.54, 1.807) is 24.5 Å². The van der Waals surface area contributed by atoms with Crippen LogP contribution in [-0.2, 0) is 21.3 Å². The molecule has 10 nitrogen and oxygen atoms in total. The molecule has 1 saturated heterocycles. The molecule has 0 atom stereocenters. The van der Waals surface area contributed by atoms with E-state index in [2.05, 4.69) is 15.3 Å². The van der Waals surface area contributed by atoms with Crippen molar-refractivity contribution in [2.45, 2.75) is 11.4 Å². The maximum atomic E-state index is 13.2. The van der Waals surface area contributed by atoms with Crippen LogP contribution in [0.2, 0.25) is 0 Å². The maximum absolute atomic E-state index is 13.2. The highest BCUT2D eigenvalue weighted by molar-refractivity contribution is 7.89. The number of pyridine rings is 1. The minimum Gasteiger partial charge on any atom is -0.495 e. The third-order valence-corrected chi connectivity index (χ3v) is 6.83. The second-order valence-electron chi connectivity index (χ2n) is 6.91. The van der Waals surface area contributed by atoms with Gasteiger partial charge in [-0.1, -0.05) is 6.07 Å². The molecule has 2 aromatic heterocycles. The summed E-state index contributed by atoms with van der Waals surface area (Å²) in [5.41, 5.74) is 1.37. The molecule has 0 saturated carbocycles. The lowest BCUT2D eigenvalue weighted by atomic mass is 10.2. The third kappa shape index (κ3) is 4.43. The van der Waals surface area contributed by atoms with E-state index in [9.17, 15) is 13.7 Å². The number of nitrogens with one attached hydrogen (secondary N) is 1. The van der Waals surface area contributed by atoms with Crippen molar-refractivity contribution in [3.8, 4) is 23.3 Å². The van der Waals surface area contributed by atoms with Crippen LogP contribution >= 0.6 is 0 Å². The monoisotopic (exact) mass is 455 g/mol. The van der Waals surface area contributed by atoms with E-state index in [-0.39, 0.29) is 41.2 Å². The topological polar surface area (TPSA) is 131 Å². The Kier molecular flexibility index (Phi) is 6.36. The molecule has 1 aliphatic rings. The number of ether oxygens (including phenoxy) is 2. The van der Waals surface area contributed by atoms with Gasteiger partial charge in [0.15, 0.2) is 0 Å². The van der Waals surface area contributed by atoms with Crippen molar-refractivity contribution in [3.05, 3.63) is 54.0 Å². The van der Waals surface area contributed by atoms with Crippen LogP contribution in [0, 0.1) is 11.3 Å². The molecule has 0 aliphatic carbocycles. The van der Waals surface area contributed by atoms with Crippen molar-refractivity contribution in [2.24, 2.45) is 0 Å². The molecule has 0 bridgehead atoms. The van der Waals surface area contributed by atoms with Gasteiger partial charge in [-0.2, -0.15) is 14.6 Å². The highest BCUT2D eigenvalue weighted by atomic mass is 32.2. The fourth-order valence-electron chi connectivity index (χ4n) is 3.26. The number of hydrogen-bond donors (Lipinski definition) is 1. The predicted molar refractivity (Wildman–Crippen MR) is 114 cm³/mol. The normalized spacial score (nSPS) is 14.6. The van der Waals surface area contributed by atoms with Gasteiger partial charge in [0.2, 0.25) is 27.5 Å². The number of rotatable bonds is 7. The number of nitrogens with zero attached hydrogens (tertiary/aromatic N) is 4. The number of oxazole rings is 1. The Morgan fingerprint density at radius 2 is 2.09 bits per heavy atom. The third-order valence-electron chi connectivity index (χ3n) is 4.91. The first kappa shape index (κ1) is 21.8. The molecule has 1 aliphatic heterocycles. The van der Waals surface area contributed by atoms with Crippen LogP contribution in [0.25, 0.3) is 11.5 Å². The molecule has 1 aromatic carbocycles. The van der Waals surface area contributed by atoms with Crippen molar-refractivity contribution < 1.29 is 22.3 Å². The van der Waals surface area contributed by atoms with E-state index >= 15 is 0 Å². The van der Waals surface area contributed by atoms with Crippen molar-refractivity contribution in [2.75, 3.05) is 38.7 Å². The Morgan fingerprint density at radius 1 is 1.28 bits per heavy atom. The van der Waals surface area contributed by atoms with Gasteiger partial charge in [-0.25, -0.2) is 8.42 Å². The van der Waals surface area contributed by atoms with E-state index in [1.165, 1.54) is 17.5 Å². The quantitative estimate of drug-likeness (QED) is 0.570. The highest BCUT2D eigenvalue weighted by Gasteiger charge is 2.30. The molecule has 0 amide bonds. The second kappa shape index (κ2) is 9.35. The first-order valence-corrected chi connectivity index (χ1v) is 11.3. The van der Waals surface area contributed by atoms with Crippen LogP contribution in [0.3, 0.4) is 0 Å². The molecular weight excluding hydrogens is 434 g/mol. The molecule has 3 heterocycles. The van der Waals surface area contributed by atoms with E-state index in [0.717, 1.165) is 5.56 Å². The highest BCUT2D eigenvalue weighted by Crippen LogP contribution is 2.33. The van der Waals surface area contributed by atoms with E-state index in [0.29, 0.717) is 25.3 Å². The first-order chi connectivity index (χ1) is 15.5. The second-order valence-corrected chi connectivity index (χ2v) is 8.81. The molecule has 0 unspecified atom stereocenters. The fourth-order valence-corrected chi connectivity index (χ4v) is 4.85. The maximum Gasteiger partial charge on any atom is 0.246 e. The Hall–Kier alpha value is -3.46. The summed E-state index contributed by atoms with van der Waals surface area (Å²) in [7, 11) is -2.41. The number of morpholine rings is 1. The van der Waals surface area contributed by atoms with Crippen molar-refractivity contribution in [1.82, 2.24) is 14.3 Å². The zero-order valence-corrected chi connectivity index (χ0v) is 18.1. The van der Waals surface area contributed by atoms with E-state index in [4.69, 9.17) is 13.9 Å². The SMILES string of the molecule is COc1ccc(-c2nc(C#N)c(NCc3cccnc3)o2)cc1S(=O)(=O)N1CCOCC1. The Bertz CT molecular complexity index is 1230. The van der Waals surface area contributed by atoms with Gasteiger partial charge in [-0.3, -0.25) is 4.98 Å². The van der Waals surface area contributed by atoms with Gasteiger partial charge in [-0.15, -0.1) is 0 Å². The number of aromatic nitrogens is 2. The minimum absolute atomic E-state index is 0.000904. The molecule has 32 heavy (non-hydrogen) atoms. The van der Waals surface area contributed by atoms with Gasteiger partial charge in [0.05, 0.1) is 20.3 Å². The van der Waals surface area contributed by atoms with Crippen molar-refractivity contribution in [3.63, 3.8) is 0 Å². The van der Waals surface area contributed by atoms with Crippen LogP contribution in [0.1, 0.15) is 11.3 Å². The number of nitriles is 1. The average Bonchev–Trinajstić information content (AvgIpc) is 3.27. The van der Waals surface area contributed by atoms with Gasteiger partial charge >= 0.3 is 0 Å². The molecular formula is C21H21N5O5S. The molecule has 3 aromatic rings. The van der Waals surface area contributed by atoms with Gasteiger partial charge in [0.25, 0.3) is 0 Å². The van der Waals surface area contributed by atoms with Crippen LogP contribution in [0.4, 0.5) is 5.88 Å². The fraction of sp³-hybridized carbons (Fsp3) is 0.286. The average molecular weight is 455 g/mol. The van der Waals surface area contributed by atoms with Gasteiger partial charge < -0.3 is 19.2 Å². The smallest absolute Gasteiger partial charge is 0.246 e. The summed E-state index contributed by atoms with van der Waals surface area (Å²) >= 11 is 0. The van der Waals surface area contributed by atoms with Crippen LogP contribution in [-0.4, -0.2) is 56.1 Å². The molecule has 1 fully saturated rings. The summed E-state index contributed by atoms with van der Waals surface area (Å²) in [5, 5.41) is 12.5. The van der Waals surface area contributed by atoms with Crippen molar-refractivity contribution >= 4 is 15.9 Å². The van der Waals surface area contributed by atoms with Crippen molar-refractivity contribution in [1.29, 1.82) is 5.26 Å². The number of benzene rings is 1. The molecule has 166 valence electrons. The lowest BCUT2D eigenvalue weighted by Gasteiger charge is -2.26. The summed E-state index contributed by atoms with van der Waals surface area (Å²) < 4.78 is 44.1. The molecule has 0 spiro atoms. The number of hydrogen-bond acceptors (Lipinski definition) is 9. The van der Waals surface area contributed by atoms with Gasteiger partial charge in [0, 0.05) is 37.6 Å². The molecule has 11 heteroatoms. The summed E-state index contributed by atoms with van der Waals surface area (Å²) in [5.74, 6) is 0.526. The van der Waals surface area contributed by atoms with Crippen LogP contribution in [0.5, 0.6) is 5.75 Å². The zero-order chi connectivity index (χ0) is 22.6. The standard InChI is InChI=1S/C21H21N5O5S/c1-29-18-5-4-16(11-19(18)32(27,28)26-7-9-30-10-8-26)20-25-17(12-22)21(31-20)24-14-15-3-2-6-23-13-15/h2-6,11,13,24H,7-10,14H2,1H3. The van der Waals surface area contributed by atoms with Crippen LogP contribution in [0.15, 0.2) is 52.0 Å². The summed E-state index contributed by atoms with van der Waals surface area (Å²) in [4.78, 5) is 8.28. The summed E-state index contributed by atoms with van der Waals surface area (Å²) in [6.45, 7) is 1.57. The molecule has 0 radical (unpaired) electrons. The van der Waals surface area contributed by atoms with E-state index in [1.807, 2.05) is 18.2 Å². The summed E-state index contributed by atoms with van der Waals surface area (Å²) in [6, 6.07) is 10.3. The van der Waals surface area contributed by atoms with Gasteiger partial charge in [-0.05, 0) is 29.8 Å². The number of methoxy groups -OCH3 is 1. The van der Waals surface area contributed by atoms with E-state index < -0.39 is 10.0 Å².